The van der Waals surface area contributed by atoms with Crippen LogP contribution in [0.15, 0.2) is 45.4 Å². The highest BCUT2D eigenvalue weighted by Gasteiger charge is 2.66. The Morgan fingerprint density at radius 1 is 1.09 bits per heavy atom. The summed E-state index contributed by atoms with van der Waals surface area (Å²) in [6.45, 7) is 4.25. The third-order valence-corrected chi connectivity index (χ3v) is 7.38. The maximum absolute atomic E-state index is 12.5. The SMILES string of the molecule is CC12CC(c3cc(NC(=O)Cc4ccc(/C(N)=C(\C(N)=O)C(N)=NC5(C)CC5)cc4)on3)(C1)C2. The third kappa shape index (κ3) is 3.95. The number of hydrogen-bond donors (Lipinski definition) is 4. The summed E-state index contributed by atoms with van der Waals surface area (Å²) in [5.41, 5.74) is 20.6. The highest BCUT2D eigenvalue weighted by Crippen LogP contribution is 2.73. The smallest absolute Gasteiger partial charge is 0.254 e. The van der Waals surface area contributed by atoms with Gasteiger partial charge in [0.1, 0.15) is 11.4 Å². The van der Waals surface area contributed by atoms with Gasteiger partial charge in [-0.05, 0) is 55.6 Å². The summed E-state index contributed by atoms with van der Waals surface area (Å²) in [6.07, 6.45) is 5.38. The molecule has 0 aliphatic heterocycles. The van der Waals surface area contributed by atoms with Gasteiger partial charge in [-0.3, -0.25) is 19.9 Å². The van der Waals surface area contributed by atoms with E-state index >= 15 is 0 Å². The molecule has 0 unspecified atom stereocenters. The predicted octanol–water partition coefficient (Wildman–Crippen LogP) is 2.36. The topological polar surface area (TPSA) is 163 Å². The number of carbonyl (C=O) groups is 2. The molecule has 34 heavy (non-hydrogen) atoms. The van der Waals surface area contributed by atoms with E-state index in [1.165, 1.54) is 0 Å². The van der Waals surface area contributed by atoms with Gasteiger partial charge >= 0.3 is 0 Å². The first kappa shape index (κ1) is 22.2. The molecule has 4 aliphatic rings. The van der Waals surface area contributed by atoms with Gasteiger partial charge in [0, 0.05) is 11.5 Å². The molecular formula is C25H30N6O3. The Kier molecular flexibility index (Phi) is 4.86. The van der Waals surface area contributed by atoms with Crippen LogP contribution in [-0.2, 0) is 21.4 Å². The summed E-state index contributed by atoms with van der Waals surface area (Å²) in [4.78, 5) is 28.9. The minimum Gasteiger partial charge on any atom is -0.397 e. The first-order valence-electron chi connectivity index (χ1n) is 11.5. The number of nitrogens with two attached hydrogens (primary N) is 3. The minimum atomic E-state index is -0.731. The van der Waals surface area contributed by atoms with E-state index < -0.39 is 5.91 Å². The molecule has 1 aromatic heterocycles. The van der Waals surface area contributed by atoms with Crippen molar-refractivity contribution in [2.45, 2.75) is 63.3 Å². The van der Waals surface area contributed by atoms with Crippen molar-refractivity contribution in [2.24, 2.45) is 27.6 Å². The summed E-state index contributed by atoms with van der Waals surface area (Å²) in [6, 6.07) is 8.82. The number of aliphatic imine (C=N–C) groups is 1. The summed E-state index contributed by atoms with van der Waals surface area (Å²) in [7, 11) is 0. The number of rotatable bonds is 8. The van der Waals surface area contributed by atoms with Crippen molar-refractivity contribution in [2.75, 3.05) is 5.32 Å². The van der Waals surface area contributed by atoms with Crippen molar-refractivity contribution >= 4 is 29.2 Å². The minimum absolute atomic E-state index is 0.0115. The van der Waals surface area contributed by atoms with Gasteiger partial charge in [-0.15, -0.1) is 0 Å². The quantitative estimate of drug-likeness (QED) is 0.267. The number of nitrogens with one attached hydrogen (secondary N) is 1. The highest BCUT2D eigenvalue weighted by molar-refractivity contribution is 6.24. The number of anilines is 1. The molecule has 2 bridgehead atoms. The number of hydrogen-bond acceptors (Lipinski definition) is 6. The molecule has 0 spiro atoms. The fraction of sp³-hybridized carbons (Fsp3) is 0.440. The summed E-state index contributed by atoms with van der Waals surface area (Å²) < 4.78 is 5.34. The van der Waals surface area contributed by atoms with E-state index in [9.17, 15) is 9.59 Å². The van der Waals surface area contributed by atoms with Gasteiger partial charge in [-0.25, -0.2) is 0 Å². The van der Waals surface area contributed by atoms with Crippen molar-refractivity contribution in [1.82, 2.24) is 5.16 Å². The van der Waals surface area contributed by atoms with Crippen LogP contribution in [0.25, 0.3) is 5.70 Å². The van der Waals surface area contributed by atoms with Crippen molar-refractivity contribution < 1.29 is 14.1 Å². The summed E-state index contributed by atoms with van der Waals surface area (Å²) in [5.74, 6) is -0.530. The van der Waals surface area contributed by atoms with Gasteiger partial charge in [0.25, 0.3) is 5.91 Å². The molecule has 6 rings (SSSR count). The molecule has 4 saturated carbocycles. The van der Waals surface area contributed by atoms with Crippen LogP contribution in [0.3, 0.4) is 0 Å². The number of aromatic nitrogens is 1. The fourth-order valence-electron chi connectivity index (χ4n) is 5.50. The Morgan fingerprint density at radius 3 is 2.29 bits per heavy atom. The van der Waals surface area contributed by atoms with E-state index in [1.807, 2.05) is 13.0 Å². The van der Waals surface area contributed by atoms with E-state index in [0.29, 0.717) is 16.9 Å². The third-order valence-electron chi connectivity index (χ3n) is 7.38. The van der Waals surface area contributed by atoms with E-state index in [4.69, 9.17) is 21.7 Å². The number of carbonyl (C=O) groups excluding carboxylic acids is 2. The molecule has 178 valence electrons. The van der Waals surface area contributed by atoms with Gasteiger partial charge < -0.3 is 21.7 Å². The molecule has 9 heteroatoms. The average molecular weight is 463 g/mol. The molecule has 2 amide bonds. The first-order chi connectivity index (χ1) is 16.0. The first-order valence-corrected chi connectivity index (χ1v) is 11.5. The van der Waals surface area contributed by atoms with E-state index in [1.54, 1.807) is 24.3 Å². The van der Waals surface area contributed by atoms with Crippen LogP contribution in [0.2, 0.25) is 0 Å². The Morgan fingerprint density at radius 2 is 1.74 bits per heavy atom. The number of amidine groups is 1. The molecule has 2 aromatic rings. The molecule has 0 atom stereocenters. The number of nitrogens with zero attached hydrogens (tertiary/aromatic N) is 2. The summed E-state index contributed by atoms with van der Waals surface area (Å²) in [5, 5.41) is 6.95. The monoisotopic (exact) mass is 462 g/mol. The molecule has 1 heterocycles. The zero-order valence-electron chi connectivity index (χ0n) is 19.5. The molecule has 0 saturated heterocycles. The van der Waals surface area contributed by atoms with Crippen LogP contribution in [0.4, 0.5) is 5.88 Å². The zero-order chi connectivity index (χ0) is 24.3. The number of primary amides is 1. The van der Waals surface area contributed by atoms with Gasteiger partial charge in [-0.1, -0.05) is 36.3 Å². The highest BCUT2D eigenvalue weighted by atomic mass is 16.5. The van der Waals surface area contributed by atoms with Crippen molar-refractivity contribution in [1.29, 1.82) is 0 Å². The molecule has 1 aromatic carbocycles. The number of benzene rings is 1. The fourth-order valence-corrected chi connectivity index (χ4v) is 5.50. The molecular weight excluding hydrogens is 432 g/mol. The second-order valence-corrected chi connectivity index (χ2v) is 10.8. The molecule has 4 aliphatic carbocycles. The van der Waals surface area contributed by atoms with Gasteiger partial charge in [0.15, 0.2) is 0 Å². The van der Waals surface area contributed by atoms with Crippen LogP contribution in [0.5, 0.6) is 0 Å². The molecule has 0 radical (unpaired) electrons. The lowest BCUT2D eigenvalue weighted by Gasteiger charge is -2.68. The van der Waals surface area contributed by atoms with Gasteiger partial charge in [0.05, 0.1) is 23.4 Å². The molecule has 4 fully saturated rings. The standard InChI is InChI=1S/C25H30N6O3/c1-23-11-25(12-23,13-23)16-10-18(34-31-16)29-17(32)9-14-3-5-15(6-4-14)20(26)19(22(28)33)21(27)30-24(2)7-8-24/h3-6,10H,7-9,11-13,26H2,1-2H3,(H2,27,30)(H2,28,33)(H,29,32)/b20-19+. The largest absolute Gasteiger partial charge is 0.397 e. The van der Waals surface area contributed by atoms with Crippen molar-refractivity contribution in [3.05, 3.63) is 52.7 Å². The van der Waals surface area contributed by atoms with Crippen LogP contribution >= 0.6 is 0 Å². The predicted molar refractivity (Wildman–Crippen MR) is 128 cm³/mol. The van der Waals surface area contributed by atoms with E-state index in [0.717, 1.165) is 43.4 Å². The lowest BCUT2D eigenvalue weighted by Crippen LogP contribution is -2.62. The number of amides is 2. The molecule has 7 N–H and O–H groups in total. The van der Waals surface area contributed by atoms with Crippen LogP contribution in [0, 0.1) is 5.41 Å². The van der Waals surface area contributed by atoms with Crippen molar-refractivity contribution in [3.63, 3.8) is 0 Å². The average Bonchev–Trinajstić information content (AvgIpc) is 3.25. The lowest BCUT2D eigenvalue weighted by molar-refractivity contribution is -0.129. The Labute approximate surface area is 197 Å². The Balaban J connectivity index is 1.24. The second-order valence-electron chi connectivity index (χ2n) is 10.8. The molecule has 9 nitrogen and oxygen atoms in total. The van der Waals surface area contributed by atoms with E-state index in [2.05, 4.69) is 22.4 Å². The van der Waals surface area contributed by atoms with E-state index in [-0.39, 0.29) is 40.4 Å². The zero-order valence-corrected chi connectivity index (χ0v) is 19.5. The lowest BCUT2D eigenvalue weighted by atomic mass is 9.35. The normalized spacial score (nSPS) is 27.2. The maximum atomic E-state index is 12.5. The Bertz CT molecular complexity index is 1220. The van der Waals surface area contributed by atoms with Crippen LogP contribution < -0.4 is 22.5 Å². The Hall–Kier alpha value is -3.62. The van der Waals surface area contributed by atoms with Crippen LogP contribution in [-0.4, -0.2) is 28.3 Å². The van der Waals surface area contributed by atoms with Crippen LogP contribution in [0.1, 0.15) is 62.8 Å². The summed E-state index contributed by atoms with van der Waals surface area (Å²) >= 11 is 0. The van der Waals surface area contributed by atoms with Crippen molar-refractivity contribution in [3.8, 4) is 0 Å². The van der Waals surface area contributed by atoms with Gasteiger partial charge in [-0.2, -0.15) is 0 Å². The maximum Gasteiger partial charge on any atom is 0.254 e. The van der Waals surface area contributed by atoms with Gasteiger partial charge in [0.2, 0.25) is 11.8 Å². The second kappa shape index (κ2) is 7.44.